The first-order chi connectivity index (χ1) is 14.4. The summed E-state index contributed by atoms with van der Waals surface area (Å²) in [5, 5.41) is 0.644. The topological polar surface area (TPSA) is 9.23 Å². The minimum absolute atomic E-state index is 0.105. The molecular weight excluding hydrogens is 493 g/mol. The third kappa shape index (κ3) is 5.61. The highest BCUT2D eigenvalue weighted by Gasteiger charge is 2.40. The van der Waals surface area contributed by atoms with E-state index in [2.05, 4.69) is 15.9 Å². The van der Waals surface area contributed by atoms with E-state index in [9.17, 15) is 30.7 Å². The van der Waals surface area contributed by atoms with Gasteiger partial charge in [0.1, 0.15) is 5.82 Å². The van der Waals surface area contributed by atoms with Crippen molar-refractivity contribution >= 4 is 15.9 Å². The molecule has 4 atom stereocenters. The molecule has 1 aliphatic carbocycles. The maximum atomic E-state index is 13.3. The first-order valence-electron chi connectivity index (χ1n) is 9.66. The van der Waals surface area contributed by atoms with E-state index in [-0.39, 0.29) is 23.5 Å². The molecular formula is C22H20BrF7O. The highest BCUT2D eigenvalue weighted by atomic mass is 79.9. The predicted octanol–water partition coefficient (Wildman–Crippen LogP) is 7.90. The van der Waals surface area contributed by atoms with E-state index in [4.69, 9.17) is 4.74 Å². The summed E-state index contributed by atoms with van der Waals surface area (Å²) in [5.41, 5.74) is -2.11. The molecule has 1 saturated carbocycles. The van der Waals surface area contributed by atoms with Crippen molar-refractivity contribution < 1.29 is 35.5 Å². The normalized spacial score (nSPS) is 23.2. The first-order valence-corrected chi connectivity index (χ1v) is 10.8. The zero-order valence-corrected chi connectivity index (χ0v) is 18.0. The number of ether oxygens (including phenoxy) is 1. The number of benzene rings is 2. The molecule has 0 amide bonds. The molecule has 0 radical (unpaired) electrons. The Kier molecular flexibility index (Phi) is 7.05. The fourth-order valence-electron chi connectivity index (χ4n) is 4.09. The molecule has 0 aliphatic heterocycles. The van der Waals surface area contributed by atoms with Gasteiger partial charge in [-0.05, 0) is 67.1 Å². The summed E-state index contributed by atoms with van der Waals surface area (Å²) in [6, 6.07) is 7.41. The fourth-order valence-corrected chi connectivity index (χ4v) is 4.82. The molecule has 0 spiro atoms. The standard InChI is InChI=1S/C22H20BrF7O/c1-12(15-8-16(21(25,26)27)10-17(9-15)22(28,29)30)31-19-7-4-14(11-23)20(19)13-2-5-18(24)6-3-13/h2-3,5-6,8-10,12,14,19-20H,4,7,11H2,1H3/t12-,14?,19?,20?/m1/s1. The number of rotatable bonds is 5. The second-order valence-corrected chi connectivity index (χ2v) is 8.37. The van der Waals surface area contributed by atoms with Crippen LogP contribution in [0.1, 0.15) is 54.0 Å². The Labute approximate surface area is 183 Å². The van der Waals surface area contributed by atoms with E-state index in [0.29, 0.717) is 23.9 Å². The Morgan fingerprint density at radius 3 is 1.97 bits per heavy atom. The number of hydrogen-bond acceptors (Lipinski definition) is 1. The minimum Gasteiger partial charge on any atom is -0.370 e. The quantitative estimate of drug-likeness (QED) is 0.292. The van der Waals surface area contributed by atoms with Gasteiger partial charge in [0.2, 0.25) is 0 Å². The summed E-state index contributed by atoms with van der Waals surface area (Å²) >= 11 is 3.45. The van der Waals surface area contributed by atoms with Crippen LogP contribution in [0, 0.1) is 11.7 Å². The van der Waals surface area contributed by atoms with Gasteiger partial charge < -0.3 is 4.74 Å². The predicted molar refractivity (Wildman–Crippen MR) is 105 cm³/mol. The Hall–Kier alpha value is -1.61. The second-order valence-electron chi connectivity index (χ2n) is 7.73. The summed E-state index contributed by atoms with van der Waals surface area (Å²) in [7, 11) is 0. The van der Waals surface area contributed by atoms with Gasteiger partial charge in [0.15, 0.2) is 0 Å². The molecule has 1 fully saturated rings. The SMILES string of the molecule is C[C@@H](OC1CCC(CBr)C1c1ccc(F)cc1)c1cc(C(F)(F)F)cc(C(F)(F)F)c1. The van der Waals surface area contributed by atoms with Crippen LogP contribution in [0.4, 0.5) is 30.7 Å². The molecule has 1 aliphatic rings. The van der Waals surface area contributed by atoms with Crippen LogP contribution in [0.25, 0.3) is 0 Å². The van der Waals surface area contributed by atoms with Gasteiger partial charge in [0, 0.05) is 11.2 Å². The molecule has 3 unspecified atom stereocenters. The average molecular weight is 513 g/mol. The third-order valence-electron chi connectivity index (χ3n) is 5.64. The maximum Gasteiger partial charge on any atom is 0.416 e. The molecule has 1 nitrogen and oxygen atoms in total. The molecule has 2 aromatic rings. The smallest absolute Gasteiger partial charge is 0.370 e. The van der Waals surface area contributed by atoms with Crippen molar-refractivity contribution in [2.75, 3.05) is 5.33 Å². The van der Waals surface area contributed by atoms with E-state index in [0.717, 1.165) is 12.0 Å². The van der Waals surface area contributed by atoms with Gasteiger partial charge in [0.25, 0.3) is 0 Å². The molecule has 31 heavy (non-hydrogen) atoms. The molecule has 0 N–H and O–H groups in total. The molecule has 0 saturated heterocycles. The lowest BCUT2D eigenvalue weighted by Gasteiger charge is -2.28. The van der Waals surface area contributed by atoms with Crippen LogP contribution in [0.15, 0.2) is 42.5 Å². The number of halogens is 8. The Balaban J connectivity index is 1.90. The van der Waals surface area contributed by atoms with Crippen LogP contribution < -0.4 is 0 Å². The van der Waals surface area contributed by atoms with Crippen LogP contribution in [0.2, 0.25) is 0 Å². The summed E-state index contributed by atoms with van der Waals surface area (Å²) in [5.74, 6) is -0.406. The van der Waals surface area contributed by atoms with Crippen molar-refractivity contribution in [2.45, 2.75) is 50.2 Å². The molecule has 0 heterocycles. The van der Waals surface area contributed by atoms with Crippen LogP contribution in [-0.2, 0) is 17.1 Å². The summed E-state index contributed by atoms with van der Waals surface area (Å²) < 4.78 is 98.4. The van der Waals surface area contributed by atoms with Crippen molar-refractivity contribution in [2.24, 2.45) is 5.92 Å². The van der Waals surface area contributed by atoms with Gasteiger partial charge in [0.05, 0.1) is 23.3 Å². The van der Waals surface area contributed by atoms with Crippen LogP contribution >= 0.6 is 15.9 Å². The van der Waals surface area contributed by atoms with E-state index in [1.54, 1.807) is 12.1 Å². The van der Waals surface area contributed by atoms with Crippen LogP contribution in [0.5, 0.6) is 0 Å². The zero-order valence-electron chi connectivity index (χ0n) is 16.4. The monoisotopic (exact) mass is 512 g/mol. The summed E-state index contributed by atoms with van der Waals surface area (Å²) in [6.07, 6.45) is -9.89. The average Bonchev–Trinajstić information content (AvgIpc) is 3.09. The van der Waals surface area contributed by atoms with E-state index < -0.39 is 41.5 Å². The third-order valence-corrected chi connectivity index (χ3v) is 6.47. The van der Waals surface area contributed by atoms with Crippen molar-refractivity contribution in [3.63, 3.8) is 0 Å². The highest BCUT2D eigenvalue weighted by Crippen LogP contribution is 2.45. The lowest BCUT2D eigenvalue weighted by atomic mass is 9.88. The van der Waals surface area contributed by atoms with Gasteiger partial charge in [-0.25, -0.2) is 4.39 Å². The van der Waals surface area contributed by atoms with Gasteiger partial charge in [-0.2, -0.15) is 26.3 Å². The van der Waals surface area contributed by atoms with Crippen molar-refractivity contribution in [1.29, 1.82) is 0 Å². The van der Waals surface area contributed by atoms with Gasteiger partial charge in [-0.15, -0.1) is 0 Å². The Morgan fingerprint density at radius 2 is 1.48 bits per heavy atom. The maximum absolute atomic E-state index is 13.3. The van der Waals surface area contributed by atoms with E-state index in [1.165, 1.54) is 19.1 Å². The summed E-state index contributed by atoms with van der Waals surface area (Å²) in [6.45, 7) is 1.44. The molecule has 3 rings (SSSR count). The Bertz CT molecular complexity index is 860. The van der Waals surface area contributed by atoms with Crippen molar-refractivity contribution in [3.8, 4) is 0 Å². The molecule has 0 bridgehead atoms. The largest absolute Gasteiger partial charge is 0.416 e. The fraction of sp³-hybridized carbons (Fsp3) is 0.455. The van der Waals surface area contributed by atoms with E-state index >= 15 is 0 Å². The second kappa shape index (κ2) is 9.10. The zero-order chi connectivity index (χ0) is 23.0. The van der Waals surface area contributed by atoms with Gasteiger partial charge >= 0.3 is 12.4 Å². The van der Waals surface area contributed by atoms with Crippen molar-refractivity contribution in [3.05, 3.63) is 70.5 Å². The lowest BCUT2D eigenvalue weighted by molar-refractivity contribution is -0.143. The molecule has 170 valence electrons. The summed E-state index contributed by atoms with van der Waals surface area (Å²) in [4.78, 5) is 0. The minimum atomic E-state index is -4.92. The molecule has 2 aromatic carbocycles. The highest BCUT2D eigenvalue weighted by molar-refractivity contribution is 9.09. The molecule has 0 aromatic heterocycles. The van der Waals surface area contributed by atoms with Crippen LogP contribution in [-0.4, -0.2) is 11.4 Å². The Morgan fingerprint density at radius 1 is 0.935 bits per heavy atom. The number of alkyl halides is 7. The van der Waals surface area contributed by atoms with Gasteiger partial charge in [-0.1, -0.05) is 28.1 Å². The van der Waals surface area contributed by atoms with Gasteiger partial charge in [-0.3, -0.25) is 0 Å². The van der Waals surface area contributed by atoms with E-state index in [1.807, 2.05) is 0 Å². The molecule has 9 heteroatoms. The van der Waals surface area contributed by atoms with Crippen molar-refractivity contribution in [1.82, 2.24) is 0 Å². The van der Waals surface area contributed by atoms with Crippen LogP contribution in [0.3, 0.4) is 0 Å². The number of hydrogen-bond donors (Lipinski definition) is 0. The lowest BCUT2D eigenvalue weighted by Crippen LogP contribution is -2.23. The first kappa shape index (κ1) is 24.0.